The van der Waals surface area contributed by atoms with Gasteiger partial charge in [0.2, 0.25) is 5.91 Å². The Morgan fingerprint density at radius 3 is 2.61 bits per heavy atom. The number of carbonyl (C=O) groups excluding carboxylic acids is 1. The molecular formula is C14H22N2OS. The maximum absolute atomic E-state index is 11.6. The van der Waals surface area contributed by atoms with Crippen LogP contribution in [0.25, 0.3) is 0 Å². The number of benzene rings is 1. The molecule has 3 N–H and O–H groups in total. The van der Waals surface area contributed by atoms with Gasteiger partial charge in [0.25, 0.3) is 0 Å². The van der Waals surface area contributed by atoms with E-state index >= 15 is 0 Å². The van der Waals surface area contributed by atoms with Crippen molar-refractivity contribution < 1.29 is 4.79 Å². The molecule has 0 saturated heterocycles. The maximum Gasteiger partial charge on any atom is 0.236 e. The molecule has 0 spiro atoms. The Balaban J connectivity index is 2.16. The average Bonchev–Trinajstić information content (AvgIpc) is 2.34. The van der Waals surface area contributed by atoms with Gasteiger partial charge >= 0.3 is 0 Å². The molecule has 0 heterocycles. The van der Waals surface area contributed by atoms with E-state index in [2.05, 4.69) is 31.3 Å². The minimum absolute atomic E-state index is 0.0441. The molecule has 0 radical (unpaired) electrons. The lowest BCUT2D eigenvalue weighted by Crippen LogP contribution is -2.42. The molecule has 1 rings (SSSR count). The summed E-state index contributed by atoms with van der Waals surface area (Å²) in [7, 11) is 0. The number of amides is 1. The van der Waals surface area contributed by atoms with Crippen LogP contribution < -0.4 is 11.1 Å². The van der Waals surface area contributed by atoms with Crippen LogP contribution in [0.5, 0.6) is 0 Å². The summed E-state index contributed by atoms with van der Waals surface area (Å²) in [5.41, 5.74) is 5.79. The van der Waals surface area contributed by atoms with Gasteiger partial charge in [0.1, 0.15) is 0 Å². The first-order valence-corrected chi connectivity index (χ1v) is 7.29. The van der Waals surface area contributed by atoms with Crippen molar-refractivity contribution >= 4 is 17.7 Å². The summed E-state index contributed by atoms with van der Waals surface area (Å²) in [6, 6.07) is 9.77. The second-order valence-corrected chi connectivity index (χ2v) is 5.86. The van der Waals surface area contributed by atoms with Gasteiger partial charge in [-0.25, -0.2) is 0 Å². The Kier molecular flexibility index (Phi) is 6.83. The monoisotopic (exact) mass is 266 g/mol. The smallest absolute Gasteiger partial charge is 0.236 e. The molecule has 4 heteroatoms. The molecular weight excluding hydrogens is 244 g/mol. The zero-order valence-electron chi connectivity index (χ0n) is 11.1. The molecule has 1 atom stereocenters. The van der Waals surface area contributed by atoms with E-state index < -0.39 is 0 Å². The third-order valence-corrected chi connectivity index (χ3v) is 3.49. The standard InChI is InChI=1S/C14H22N2OS/c1-11(2)10-13(15)14(17)16-8-9-18-12-6-4-3-5-7-12/h3-7,11,13H,8-10,15H2,1-2H3,(H,16,17). The lowest BCUT2D eigenvalue weighted by atomic mass is 10.0. The zero-order chi connectivity index (χ0) is 13.4. The van der Waals surface area contributed by atoms with E-state index in [-0.39, 0.29) is 11.9 Å². The van der Waals surface area contributed by atoms with Gasteiger partial charge in [-0.3, -0.25) is 4.79 Å². The molecule has 0 aromatic heterocycles. The predicted molar refractivity (Wildman–Crippen MR) is 77.6 cm³/mol. The van der Waals surface area contributed by atoms with Gasteiger partial charge in [-0.15, -0.1) is 11.8 Å². The van der Waals surface area contributed by atoms with Gasteiger partial charge in [0.05, 0.1) is 6.04 Å². The first kappa shape index (κ1) is 15.1. The van der Waals surface area contributed by atoms with E-state index in [1.165, 1.54) is 4.90 Å². The number of rotatable bonds is 7. The Morgan fingerprint density at radius 2 is 2.00 bits per heavy atom. The quantitative estimate of drug-likeness (QED) is 0.588. The summed E-state index contributed by atoms with van der Waals surface area (Å²) >= 11 is 1.73. The van der Waals surface area contributed by atoms with Gasteiger partial charge in [-0.1, -0.05) is 32.0 Å². The molecule has 3 nitrogen and oxygen atoms in total. The average molecular weight is 266 g/mol. The molecule has 1 unspecified atom stereocenters. The lowest BCUT2D eigenvalue weighted by molar-refractivity contribution is -0.122. The predicted octanol–water partition coefficient (Wildman–Crippen LogP) is 2.27. The molecule has 0 aliphatic heterocycles. The fourth-order valence-electron chi connectivity index (χ4n) is 1.61. The molecule has 0 bridgehead atoms. The van der Waals surface area contributed by atoms with E-state index in [1.54, 1.807) is 11.8 Å². The number of hydrogen-bond donors (Lipinski definition) is 2. The van der Waals surface area contributed by atoms with Crippen LogP contribution in [0.4, 0.5) is 0 Å². The zero-order valence-corrected chi connectivity index (χ0v) is 11.9. The van der Waals surface area contributed by atoms with Crippen molar-refractivity contribution in [3.63, 3.8) is 0 Å². The van der Waals surface area contributed by atoms with Crippen LogP contribution in [0.1, 0.15) is 20.3 Å². The van der Waals surface area contributed by atoms with Crippen molar-refractivity contribution in [3.8, 4) is 0 Å². The number of thioether (sulfide) groups is 1. The van der Waals surface area contributed by atoms with Gasteiger partial charge in [0, 0.05) is 17.2 Å². The van der Waals surface area contributed by atoms with Crippen LogP contribution in [0.2, 0.25) is 0 Å². The third-order valence-electron chi connectivity index (χ3n) is 2.48. The summed E-state index contributed by atoms with van der Waals surface area (Å²) in [5, 5.41) is 2.87. The molecule has 1 amide bonds. The molecule has 0 aliphatic rings. The first-order valence-electron chi connectivity index (χ1n) is 6.30. The van der Waals surface area contributed by atoms with Crippen LogP contribution in [0.15, 0.2) is 35.2 Å². The maximum atomic E-state index is 11.6. The van der Waals surface area contributed by atoms with Crippen molar-refractivity contribution in [3.05, 3.63) is 30.3 Å². The van der Waals surface area contributed by atoms with Gasteiger partial charge < -0.3 is 11.1 Å². The van der Waals surface area contributed by atoms with Crippen molar-refractivity contribution in [2.45, 2.75) is 31.2 Å². The fraction of sp³-hybridized carbons (Fsp3) is 0.500. The van der Waals surface area contributed by atoms with Crippen molar-refractivity contribution in [1.29, 1.82) is 0 Å². The topological polar surface area (TPSA) is 55.1 Å². The van der Waals surface area contributed by atoms with E-state index in [0.29, 0.717) is 12.5 Å². The second-order valence-electron chi connectivity index (χ2n) is 4.69. The van der Waals surface area contributed by atoms with Crippen LogP contribution in [-0.4, -0.2) is 24.2 Å². The number of nitrogens with one attached hydrogen (secondary N) is 1. The molecule has 0 aliphatic carbocycles. The van der Waals surface area contributed by atoms with Crippen LogP contribution in [-0.2, 0) is 4.79 Å². The van der Waals surface area contributed by atoms with E-state index in [4.69, 9.17) is 5.73 Å². The second kappa shape index (κ2) is 8.16. The highest BCUT2D eigenvalue weighted by Gasteiger charge is 2.13. The largest absolute Gasteiger partial charge is 0.354 e. The van der Waals surface area contributed by atoms with Gasteiger partial charge in [0.15, 0.2) is 0 Å². The Bertz CT molecular complexity index is 354. The van der Waals surface area contributed by atoms with Crippen LogP contribution >= 0.6 is 11.8 Å². The summed E-state index contributed by atoms with van der Waals surface area (Å²) in [6.07, 6.45) is 0.734. The van der Waals surface area contributed by atoms with Gasteiger partial charge in [-0.05, 0) is 24.5 Å². The highest BCUT2D eigenvalue weighted by Crippen LogP contribution is 2.15. The van der Waals surface area contributed by atoms with Crippen LogP contribution in [0, 0.1) is 5.92 Å². The summed E-state index contributed by atoms with van der Waals surface area (Å²) < 4.78 is 0. The van der Waals surface area contributed by atoms with E-state index in [9.17, 15) is 4.79 Å². The molecule has 100 valence electrons. The minimum atomic E-state index is -0.383. The third kappa shape index (κ3) is 6.07. The van der Waals surface area contributed by atoms with E-state index in [1.807, 2.05) is 18.2 Å². The summed E-state index contributed by atoms with van der Waals surface area (Å²) in [6.45, 7) is 4.79. The molecule has 18 heavy (non-hydrogen) atoms. The van der Waals surface area contributed by atoms with E-state index in [0.717, 1.165) is 12.2 Å². The number of nitrogens with two attached hydrogens (primary N) is 1. The van der Waals surface area contributed by atoms with Gasteiger partial charge in [-0.2, -0.15) is 0 Å². The molecule has 1 aromatic rings. The number of hydrogen-bond acceptors (Lipinski definition) is 3. The molecule has 0 saturated carbocycles. The first-order chi connectivity index (χ1) is 8.59. The molecule has 0 fully saturated rings. The minimum Gasteiger partial charge on any atom is -0.354 e. The van der Waals surface area contributed by atoms with Crippen molar-refractivity contribution in [2.75, 3.05) is 12.3 Å². The number of carbonyl (C=O) groups is 1. The van der Waals surface area contributed by atoms with Crippen molar-refractivity contribution in [1.82, 2.24) is 5.32 Å². The summed E-state index contributed by atoms with van der Waals surface area (Å²) in [4.78, 5) is 12.9. The van der Waals surface area contributed by atoms with Crippen LogP contribution in [0.3, 0.4) is 0 Å². The highest BCUT2D eigenvalue weighted by atomic mass is 32.2. The van der Waals surface area contributed by atoms with Crippen molar-refractivity contribution in [2.24, 2.45) is 11.7 Å². The Morgan fingerprint density at radius 1 is 1.33 bits per heavy atom. The fourth-order valence-corrected chi connectivity index (χ4v) is 2.40. The molecule has 1 aromatic carbocycles. The summed E-state index contributed by atoms with van der Waals surface area (Å²) in [5.74, 6) is 1.27. The Hall–Kier alpha value is -1.00. The normalized spacial score (nSPS) is 12.4. The SMILES string of the molecule is CC(C)CC(N)C(=O)NCCSc1ccccc1. The highest BCUT2D eigenvalue weighted by molar-refractivity contribution is 7.99. The lowest BCUT2D eigenvalue weighted by Gasteiger charge is -2.13. The Labute approximate surface area is 114 Å².